The molecule has 3 rings (SSSR count). The van der Waals surface area contributed by atoms with Gasteiger partial charge in [0.25, 0.3) is 5.91 Å². The SMILES string of the molecule is CO[C@@H]1CN(C)C(=O)c2ccc(NC(=O)CC(F)(F)F)cc2OC[C@@H](C)N(CC2CC2)C[C@@H]1C. The summed E-state index contributed by atoms with van der Waals surface area (Å²) in [4.78, 5) is 28.9. The maximum atomic E-state index is 13.2. The molecule has 0 radical (unpaired) electrons. The molecule has 34 heavy (non-hydrogen) atoms. The minimum atomic E-state index is -4.61. The highest BCUT2D eigenvalue weighted by molar-refractivity contribution is 5.98. The molecule has 1 fully saturated rings. The van der Waals surface area contributed by atoms with Crippen molar-refractivity contribution in [1.82, 2.24) is 9.80 Å². The molecular weight excluding hydrogens is 451 g/mol. The number of amides is 2. The summed E-state index contributed by atoms with van der Waals surface area (Å²) in [5, 5.41) is 2.24. The molecule has 1 aromatic rings. The third-order valence-electron chi connectivity index (χ3n) is 6.41. The van der Waals surface area contributed by atoms with Crippen molar-refractivity contribution in [2.24, 2.45) is 11.8 Å². The van der Waals surface area contributed by atoms with Crippen LogP contribution in [0.25, 0.3) is 0 Å². The fraction of sp³-hybridized carbons (Fsp3) is 0.667. The summed E-state index contributed by atoms with van der Waals surface area (Å²) in [6, 6.07) is 4.34. The highest BCUT2D eigenvalue weighted by Crippen LogP contribution is 2.32. The van der Waals surface area contributed by atoms with E-state index in [-0.39, 0.29) is 41.0 Å². The largest absolute Gasteiger partial charge is 0.491 e. The number of hydrogen-bond donors (Lipinski definition) is 1. The molecule has 1 saturated carbocycles. The number of alkyl halides is 3. The number of fused-ring (bicyclic) bond motifs is 1. The van der Waals surface area contributed by atoms with Gasteiger partial charge in [0.1, 0.15) is 18.8 Å². The molecule has 0 unspecified atom stereocenters. The molecule has 2 aliphatic rings. The number of benzene rings is 1. The Morgan fingerprint density at radius 3 is 2.56 bits per heavy atom. The van der Waals surface area contributed by atoms with E-state index in [2.05, 4.69) is 24.1 Å². The number of anilines is 1. The van der Waals surface area contributed by atoms with Crippen molar-refractivity contribution in [3.05, 3.63) is 23.8 Å². The third-order valence-corrected chi connectivity index (χ3v) is 6.41. The van der Waals surface area contributed by atoms with Crippen molar-refractivity contribution >= 4 is 17.5 Å². The van der Waals surface area contributed by atoms with E-state index in [1.54, 1.807) is 19.1 Å². The fourth-order valence-electron chi connectivity index (χ4n) is 4.20. The Morgan fingerprint density at radius 2 is 1.94 bits per heavy atom. The summed E-state index contributed by atoms with van der Waals surface area (Å²) in [6.07, 6.45) is -3.92. The van der Waals surface area contributed by atoms with Crippen molar-refractivity contribution in [3.8, 4) is 5.75 Å². The number of ether oxygens (including phenoxy) is 2. The van der Waals surface area contributed by atoms with Crippen LogP contribution in [-0.2, 0) is 9.53 Å². The van der Waals surface area contributed by atoms with Crippen LogP contribution in [0.1, 0.15) is 43.5 Å². The molecule has 10 heteroatoms. The molecule has 0 aromatic heterocycles. The zero-order valence-electron chi connectivity index (χ0n) is 20.2. The van der Waals surface area contributed by atoms with Crippen molar-refractivity contribution in [2.75, 3.05) is 45.7 Å². The Balaban J connectivity index is 1.87. The number of methoxy groups -OCH3 is 1. The first kappa shape index (κ1) is 26.3. The third kappa shape index (κ3) is 7.33. The van der Waals surface area contributed by atoms with Gasteiger partial charge in [-0.05, 0) is 43.7 Å². The van der Waals surface area contributed by atoms with Gasteiger partial charge in [0.2, 0.25) is 5.91 Å². The second-order valence-corrected chi connectivity index (χ2v) is 9.55. The Labute approximate surface area is 198 Å². The number of nitrogens with zero attached hydrogens (tertiary/aromatic N) is 2. The first-order chi connectivity index (χ1) is 16.0. The highest BCUT2D eigenvalue weighted by atomic mass is 19.4. The van der Waals surface area contributed by atoms with Crippen LogP contribution < -0.4 is 10.1 Å². The van der Waals surface area contributed by atoms with Gasteiger partial charge in [-0.1, -0.05) is 6.92 Å². The molecule has 7 nitrogen and oxygen atoms in total. The maximum Gasteiger partial charge on any atom is 0.397 e. The van der Waals surface area contributed by atoms with Crippen molar-refractivity contribution in [1.29, 1.82) is 0 Å². The Hall–Kier alpha value is -2.33. The van der Waals surface area contributed by atoms with Gasteiger partial charge in [0.05, 0.1) is 11.7 Å². The number of hydrogen-bond acceptors (Lipinski definition) is 5. The van der Waals surface area contributed by atoms with Gasteiger partial charge >= 0.3 is 6.18 Å². The predicted molar refractivity (Wildman–Crippen MR) is 122 cm³/mol. The molecule has 0 bridgehead atoms. The summed E-state index contributed by atoms with van der Waals surface area (Å²) in [5.41, 5.74) is 0.418. The minimum Gasteiger partial charge on any atom is -0.491 e. The number of carbonyl (C=O) groups is 2. The van der Waals surface area contributed by atoms with Gasteiger partial charge in [-0.3, -0.25) is 14.5 Å². The lowest BCUT2D eigenvalue weighted by molar-refractivity contribution is -0.150. The van der Waals surface area contributed by atoms with E-state index in [0.717, 1.165) is 13.1 Å². The first-order valence-corrected chi connectivity index (χ1v) is 11.6. The van der Waals surface area contributed by atoms with Crippen LogP contribution in [0.15, 0.2) is 18.2 Å². The molecule has 0 saturated heterocycles. The number of carbonyl (C=O) groups excluding carboxylic acids is 2. The van der Waals surface area contributed by atoms with Crippen molar-refractivity contribution < 1.29 is 32.2 Å². The lowest BCUT2D eigenvalue weighted by Gasteiger charge is -2.36. The van der Waals surface area contributed by atoms with Crippen LogP contribution in [0.4, 0.5) is 18.9 Å². The maximum absolute atomic E-state index is 13.2. The summed E-state index contributed by atoms with van der Waals surface area (Å²) in [7, 11) is 3.33. The van der Waals surface area contributed by atoms with Crippen LogP contribution >= 0.6 is 0 Å². The van der Waals surface area contributed by atoms with E-state index in [9.17, 15) is 22.8 Å². The average Bonchev–Trinajstić information content (AvgIpc) is 3.56. The molecule has 0 spiro atoms. The molecule has 1 aromatic carbocycles. The minimum absolute atomic E-state index is 0.0455. The van der Waals surface area contributed by atoms with Crippen molar-refractivity contribution in [3.63, 3.8) is 0 Å². The second kappa shape index (κ2) is 10.9. The van der Waals surface area contributed by atoms with Gasteiger partial charge in [0.15, 0.2) is 0 Å². The standard InChI is InChI=1S/C24H34F3N3O4/c1-15-11-30(12-17-5-6-17)16(2)14-34-20-9-18(28-22(31)10-24(25,26)27)7-8-19(20)23(32)29(3)13-21(15)33-4/h7-9,15-17,21H,5-6,10-14H2,1-4H3,(H,28,31)/t15-,16+,21+/m0/s1. The van der Waals surface area contributed by atoms with Crippen LogP contribution in [0, 0.1) is 11.8 Å². The van der Waals surface area contributed by atoms with E-state index in [4.69, 9.17) is 9.47 Å². The average molecular weight is 486 g/mol. The first-order valence-electron chi connectivity index (χ1n) is 11.6. The monoisotopic (exact) mass is 485 g/mol. The van der Waals surface area contributed by atoms with Gasteiger partial charge in [-0.25, -0.2) is 0 Å². The van der Waals surface area contributed by atoms with E-state index >= 15 is 0 Å². The van der Waals surface area contributed by atoms with Gasteiger partial charge in [-0.2, -0.15) is 13.2 Å². The number of halogens is 3. The van der Waals surface area contributed by atoms with Crippen molar-refractivity contribution in [2.45, 2.75) is 51.4 Å². The summed E-state index contributed by atoms with van der Waals surface area (Å²) < 4.78 is 49.4. The summed E-state index contributed by atoms with van der Waals surface area (Å²) >= 11 is 0. The molecule has 1 aliphatic heterocycles. The predicted octanol–water partition coefficient (Wildman–Crippen LogP) is 3.79. The lowest BCUT2D eigenvalue weighted by Crippen LogP contribution is -2.47. The fourth-order valence-corrected chi connectivity index (χ4v) is 4.20. The van der Waals surface area contributed by atoms with E-state index in [1.807, 2.05) is 0 Å². The van der Waals surface area contributed by atoms with Gasteiger partial charge < -0.3 is 19.7 Å². The number of nitrogens with one attached hydrogen (secondary N) is 1. The molecule has 190 valence electrons. The quantitative estimate of drug-likeness (QED) is 0.687. The molecular formula is C24H34F3N3O4. The summed E-state index contributed by atoms with van der Waals surface area (Å²) in [5.74, 6) is -0.380. The van der Waals surface area contributed by atoms with Gasteiger partial charge in [0, 0.05) is 51.6 Å². The van der Waals surface area contributed by atoms with E-state index in [1.165, 1.54) is 31.0 Å². The van der Waals surface area contributed by atoms with E-state index in [0.29, 0.717) is 19.1 Å². The molecule has 1 N–H and O–H groups in total. The number of likely N-dealkylation sites (N-methyl/N-ethyl adjacent to an activating group) is 1. The van der Waals surface area contributed by atoms with Crippen LogP contribution in [0.2, 0.25) is 0 Å². The molecule has 3 atom stereocenters. The number of rotatable bonds is 5. The van der Waals surface area contributed by atoms with Crippen LogP contribution in [-0.4, -0.2) is 80.3 Å². The Bertz CT molecular complexity index is 876. The smallest absolute Gasteiger partial charge is 0.397 e. The van der Waals surface area contributed by atoms with Crippen LogP contribution in [0.3, 0.4) is 0 Å². The second-order valence-electron chi connectivity index (χ2n) is 9.55. The Kier molecular flexibility index (Phi) is 8.46. The molecule has 1 aliphatic carbocycles. The van der Waals surface area contributed by atoms with Crippen LogP contribution in [0.5, 0.6) is 5.75 Å². The lowest BCUT2D eigenvalue weighted by atomic mass is 10.0. The normalized spacial score (nSPS) is 25.1. The zero-order chi connectivity index (χ0) is 25.0. The summed E-state index contributed by atoms with van der Waals surface area (Å²) in [6.45, 7) is 6.61. The Morgan fingerprint density at radius 1 is 1.24 bits per heavy atom. The van der Waals surface area contributed by atoms with E-state index < -0.39 is 18.5 Å². The molecule has 1 heterocycles. The topological polar surface area (TPSA) is 71.1 Å². The molecule has 2 amide bonds. The zero-order valence-corrected chi connectivity index (χ0v) is 20.2. The highest BCUT2D eigenvalue weighted by Gasteiger charge is 2.33. The van der Waals surface area contributed by atoms with Gasteiger partial charge in [-0.15, -0.1) is 0 Å².